The summed E-state index contributed by atoms with van der Waals surface area (Å²) in [7, 11) is 0. The van der Waals surface area contributed by atoms with Gasteiger partial charge in [0.2, 0.25) is 0 Å². The molecule has 0 fully saturated rings. The predicted molar refractivity (Wildman–Crippen MR) is 37.3 cm³/mol. The Morgan fingerprint density at radius 1 is 1.27 bits per heavy atom. The highest BCUT2D eigenvalue weighted by Crippen LogP contribution is 2.26. The van der Waals surface area contributed by atoms with Gasteiger partial charge in [0.25, 0.3) is 6.01 Å². The summed E-state index contributed by atoms with van der Waals surface area (Å²) in [6.07, 6.45) is 0. The average molecular weight is 160 g/mol. The van der Waals surface area contributed by atoms with Crippen molar-refractivity contribution in [2.45, 2.75) is 26.2 Å². The number of furan rings is 1. The molecule has 0 aromatic carbocycles. The first-order valence-corrected chi connectivity index (χ1v) is 3.36. The zero-order valence-electron chi connectivity index (χ0n) is 6.74. The van der Waals surface area contributed by atoms with Crippen molar-refractivity contribution in [1.29, 1.82) is 0 Å². The summed E-state index contributed by atoms with van der Waals surface area (Å²) in [5.41, 5.74) is -0.478. The third-order valence-corrected chi connectivity index (χ3v) is 1.34. The van der Waals surface area contributed by atoms with Gasteiger partial charge >= 0.3 is 0 Å². The first kappa shape index (κ1) is 8.24. The Balaban J connectivity index is 3.13. The molecule has 0 bridgehead atoms. The van der Waals surface area contributed by atoms with Gasteiger partial charge in [-0.3, -0.25) is 0 Å². The molecule has 0 aliphatic carbocycles. The van der Waals surface area contributed by atoms with Crippen LogP contribution in [0.4, 0.5) is 8.78 Å². The van der Waals surface area contributed by atoms with Crippen LogP contribution < -0.4 is 0 Å². The fourth-order valence-electron chi connectivity index (χ4n) is 0.852. The highest BCUT2D eigenvalue weighted by Gasteiger charge is 2.23. The van der Waals surface area contributed by atoms with E-state index in [4.69, 9.17) is 0 Å². The second-order valence-electron chi connectivity index (χ2n) is 3.48. The first-order valence-electron chi connectivity index (χ1n) is 3.36. The van der Waals surface area contributed by atoms with Crippen molar-refractivity contribution in [3.63, 3.8) is 0 Å². The molecule has 0 aliphatic rings. The Bertz CT molecular complexity index is 258. The highest BCUT2D eigenvalue weighted by molar-refractivity contribution is 5.12. The quantitative estimate of drug-likeness (QED) is 0.568. The lowest BCUT2D eigenvalue weighted by molar-refractivity contribution is 0.295. The molecule has 0 unspecified atom stereocenters. The number of halogens is 2. The van der Waals surface area contributed by atoms with Crippen LogP contribution >= 0.6 is 0 Å². The van der Waals surface area contributed by atoms with Crippen molar-refractivity contribution >= 4 is 0 Å². The average Bonchev–Trinajstić information content (AvgIpc) is 2.08. The van der Waals surface area contributed by atoms with Gasteiger partial charge in [0, 0.05) is 5.41 Å². The van der Waals surface area contributed by atoms with E-state index in [1.807, 2.05) is 0 Å². The van der Waals surface area contributed by atoms with Gasteiger partial charge in [0.1, 0.15) is 5.76 Å². The lowest BCUT2D eigenvalue weighted by atomic mass is 9.93. The van der Waals surface area contributed by atoms with Gasteiger partial charge in [-0.15, -0.1) is 0 Å². The zero-order valence-corrected chi connectivity index (χ0v) is 6.74. The largest absolute Gasteiger partial charge is 0.432 e. The maximum absolute atomic E-state index is 12.8. The molecule has 62 valence electrons. The van der Waals surface area contributed by atoms with E-state index in [0.717, 1.165) is 6.07 Å². The Labute approximate surface area is 64.0 Å². The summed E-state index contributed by atoms with van der Waals surface area (Å²) in [4.78, 5) is 0. The van der Waals surface area contributed by atoms with E-state index in [1.54, 1.807) is 20.8 Å². The Hall–Kier alpha value is -0.860. The number of hydrogen-bond acceptors (Lipinski definition) is 1. The Kier molecular flexibility index (Phi) is 1.74. The summed E-state index contributed by atoms with van der Waals surface area (Å²) in [6.45, 7) is 5.27. The minimum absolute atomic E-state index is 0.0648. The monoisotopic (exact) mass is 160 g/mol. The molecule has 0 radical (unpaired) electrons. The minimum Gasteiger partial charge on any atom is -0.432 e. The van der Waals surface area contributed by atoms with Crippen molar-refractivity contribution in [3.8, 4) is 0 Å². The van der Waals surface area contributed by atoms with E-state index in [0.29, 0.717) is 0 Å². The van der Waals surface area contributed by atoms with E-state index < -0.39 is 17.2 Å². The topological polar surface area (TPSA) is 13.1 Å². The standard InChI is InChI=1S/C8H10F2O/c1-8(2,3)7-5(9)4-6(10)11-7/h4H,1-3H3. The summed E-state index contributed by atoms with van der Waals surface area (Å²) >= 11 is 0. The van der Waals surface area contributed by atoms with E-state index in [1.165, 1.54) is 0 Å². The third kappa shape index (κ3) is 1.59. The van der Waals surface area contributed by atoms with E-state index in [9.17, 15) is 8.78 Å². The van der Waals surface area contributed by atoms with Crippen LogP contribution in [0.2, 0.25) is 0 Å². The SMILES string of the molecule is CC(C)(C)c1oc(F)cc1F. The molecule has 0 saturated heterocycles. The summed E-state index contributed by atoms with van der Waals surface area (Å²) in [6, 6.07) is -0.118. The molecule has 1 aromatic rings. The van der Waals surface area contributed by atoms with Crippen molar-refractivity contribution in [1.82, 2.24) is 0 Å². The van der Waals surface area contributed by atoms with Gasteiger partial charge in [-0.1, -0.05) is 20.8 Å². The molecule has 1 rings (SSSR count). The van der Waals surface area contributed by atoms with Crippen molar-refractivity contribution < 1.29 is 13.2 Å². The molecular weight excluding hydrogens is 150 g/mol. The molecule has 3 heteroatoms. The molecule has 11 heavy (non-hydrogen) atoms. The smallest absolute Gasteiger partial charge is 0.281 e. The van der Waals surface area contributed by atoms with Crippen LogP contribution in [0.5, 0.6) is 0 Å². The normalized spacial score (nSPS) is 12.1. The Morgan fingerprint density at radius 2 is 1.82 bits per heavy atom. The molecule has 0 amide bonds. The van der Waals surface area contributed by atoms with Crippen LogP contribution in [0.15, 0.2) is 10.5 Å². The molecule has 0 spiro atoms. The van der Waals surface area contributed by atoms with Crippen molar-refractivity contribution in [3.05, 3.63) is 23.7 Å². The minimum atomic E-state index is -0.868. The number of hydrogen-bond donors (Lipinski definition) is 0. The molecule has 1 nitrogen and oxygen atoms in total. The third-order valence-electron chi connectivity index (χ3n) is 1.34. The van der Waals surface area contributed by atoms with Gasteiger partial charge in [0.05, 0.1) is 6.07 Å². The van der Waals surface area contributed by atoms with Gasteiger partial charge in [-0.2, -0.15) is 4.39 Å². The second-order valence-corrected chi connectivity index (χ2v) is 3.48. The van der Waals surface area contributed by atoms with Gasteiger partial charge in [-0.25, -0.2) is 4.39 Å². The molecular formula is C8H10F2O. The Morgan fingerprint density at radius 3 is 2.00 bits per heavy atom. The molecule has 0 saturated carbocycles. The zero-order chi connectivity index (χ0) is 8.65. The van der Waals surface area contributed by atoms with E-state index in [-0.39, 0.29) is 5.76 Å². The fourth-order valence-corrected chi connectivity index (χ4v) is 0.852. The molecule has 0 atom stereocenters. The summed E-state index contributed by atoms with van der Waals surface area (Å²) in [5, 5.41) is 0. The summed E-state index contributed by atoms with van der Waals surface area (Å²) in [5.74, 6) is -0.551. The maximum atomic E-state index is 12.8. The van der Waals surface area contributed by atoms with E-state index in [2.05, 4.69) is 4.42 Å². The van der Waals surface area contributed by atoms with Gasteiger partial charge < -0.3 is 4.42 Å². The molecule has 0 N–H and O–H groups in total. The second kappa shape index (κ2) is 2.32. The fraction of sp³-hybridized carbons (Fsp3) is 0.500. The summed E-state index contributed by atoms with van der Waals surface area (Å²) < 4.78 is 29.6. The first-order chi connectivity index (χ1) is 4.91. The molecule has 1 heterocycles. The molecule has 0 aliphatic heterocycles. The van der Waals surface area contributed by atoms with Gasteiger partial charge in [0.15, 0.2) is 5.82 Å². The predicted octanol–water partition coefficient (Wildman–Crippen LogP) is 2.86. The van der Waals surface area contributed by atoms with Crippen LogP contribution in [-0.4, -0.2) is 0 Å². The maximum Gasteiger partial charge on any atom is 0.281 e. The molecule has 1 aromatic heterocycles. The van der Waals surface area contributed by atoms with Crippen molar-refractivity contribution in [2.24, 2.45) is 0 Å². The van der Waals surface area contributed by atoms with Crippen LogP contribution in [-0.2, 0) is 5.41 Å². The van der Waals surface area contributed by atoms with Crippen LogP contribution in [0.3, 0.4) is 0 Å². The van der Waals surface area contributed by atoms with Crippen LogP contribution in [0.1, 0.15) is 26.5 Å². The van der Waals surface area contributed by atoms with Gasteiger partial charge in [-0.05, 0) is 0 Å². The lowest BCUT2D eigenvalue weighted by Gasteiger charge is -2.13. The van der Waals surface area contributed by atoms with Crippen LogP contribution in [0.25, 0.3) is 0 Å². The van der Waals surface area contributed by atoms with Crippen LogP contribution in [0, 0.1) is 11.8 Å². The van der Waals surface area contributed by atoms with E-state index >= 15 is 0 Å². The van der Waals surface area contributed by atoms with Crippen molar-refractivity contribution in [2.75, 3.05) is 0 Å². The number of rotatable bonds is 0. The lowest BCUT2D eigenvalue weighted by Crippen LogP contribution is -2.11. The highest BCUT2D eigenvalue weighted by atomic mass is 19.1.